The monoisotopic (exact) mass is 290 g/mol. The maximum Gasteiger partial charge on any atom is 0.254 e. The lowest BCUT2D eigenvalue weighted by Crippen LogP contribution is -2.29. The summed E-state index contributed by atoms with van der Waals surface area (Å²) >= 11 is 0. The minimum atomic E-state index is -0.775. The molecule has 5 heteroatoms. The summed E-state index contributed by atoms with van der Waals surface area (Å²) in [5, 5.41) is 0. The first kappa shape index (κ1) is 15.0. The number of hydrogen-bond acceptors (Lipinski definition) is 2. The third kappa shape index (κ3) is 3.37. The topological polar surface area (TPSA) is 46.3 Å². The fourth-order valence-corrected chi connectivity index (χ4v) is 2.10. The van der Waals surface area contributed by atoms with Gasteiger partial charge in [-0.15, -0.1) is 0 Å². The van der Waals surface area contributed by atoms with E-state index in [1.807, 2.05) is 13.0 Å². The highest BCUT2D eigenvalue weighted by Crippen LogP contribution is 2.22. The van der Waals surface area contributed by atoms with E-state index in [-0.39, 0.29) is 11.6 Å². The Kier molecular flexibility index (Phi) is 4.21. The zero-order chi connectivity index (χ0) is 15.6. The van der Waals surface area contributed by atoms with Crippen LogP contribution in [0.15, 0.2) is 42.5 Å². The van der Waals surface area contributed by atoms with E-state index in [0.717, 1.165) is 23.8 Å². The zero-order valence-electron chi connectivity index (χ0n) is 11.8. The van der Waals surface area contributed by atoms with Gasteiger partial charge in [0.15, 0.2) is 0 Å². The van der Waals surface area contributed by atoms with Crippen LogP contribution in [-0.4, -0.2) is 17.9 Å². The molecule has 2 N–H and O–H groups in total. The number of nitrogen functional groups attached to an aromatic ring is 1. The summed E-state index contributed by atoms with van der Waals surface area (Å²) in [6.07, 6.45) is 0. The fourth-order valence-electron chi connectivity index (χ4n) is 2.10. The number of nitrogens with zero attached hydrogens (tertiary/aromatic N) is 1. The van der Waals surface area contributed by atoms with Crippen LogP contribution < -0.4 is 5.73 Å². The van der Waals surface area contributed by atoms with Crippen LogP contribution in [0, 0.1) is 11.6 Å². The molecule has 0 aliphatic heterocycles. The van der Waals surface area contributed by atoms with E-state index >= 15 is 0 Å². The highest BCUT2D eigenvalue weighted by molar-refractivity contribution is 5.94. The van der Waals surface area contributed by atoms with Crippen molar-refractivity contribution in [2.75, 3.05) is 12.8 Å². The fraction of sp³-hybridized carbons (Fsp3) is 0.188. The van der Waals surface area contributed by atoms with Gasteiger partial charge in [-0.1, -0.05) is 12.1 Å². The molecule has 1 atom stereocenters. The maximum atomic E-state index is 13.2. The van der Waals surface area contributed by atoms with Gasteiger partial charge in [-0.3, -0.25) is 4.79 Å². The minimum Gasteiger partial charge on any atom is -0.399 e. The van der Waals surface area contributed by atoms with Gasteiger partial charge in [-0.05, 0) is 36.8 Å². The molecule has 0 aromatic heterocycles. The van der Waals surface area contributed by atoms with Crippen molar-refractivity contribution in [2.24, 2.45) is 0 Å². The van der Waals surface area contributed by atoms with Crippen molar-refractivity contribution in [1.29, 1.82) is 0 Å². The van der Waals surface area contributed by atoms with Crippen LogP contribution >= 0.6 is 0 Å². The average molecular weight is 290 g/mol. The Balaban J connectivity index is 2.26. The predicted molar refractivity (Wildman–Crippen MR) is 77.7 cm³/mol. The molecule has 0 radical (unpaired) electrons. The summed E-state index contributed by atoms with van der Waals surface area (Å²) in [6.45, 7) is 1.82. The number of hydrogen-bond donors (Lipinski definition) is 1. The second-order valence-electron chi connectivity index (χ2n) is 4.92. The Labute approximate surface area is 122 Å². The predicted octanol–water partition coefficient (Wildman–Crippen LogP) is 3.38. The Hall–Kier alpha value is -2.43. The van der Waals surface area contributed by atoms with Crippen molar-refractivity contribution in [3.05, 3.63) is 65.2 Å². The molecular weight excluding hydrogens is 274 g/mol. The van der Waals surface area contributed by atoms with Gasteiger partial charge in [0, 0.05) is 24.4 Å². The minimum absolute atomic E-state index is 0.0225. The first-order valence-electron chi connectivity index (χ1n) is 6.47. The van der Waals surface area contributed by atoms with Gasteiger partial charge >= 0.3 is 0 Å². The average Bonchev–Trinajstić information content (AvgIpc) is 2.44. The second kappa shape index (κ2) is 5.91. The number of amides is 1. The lowest BCUT2D eigenvalue weighted by atomic mass is 10.1. The van der Waals surface area contributed by atoms with Crippen molar-refractivity contribution in [3.8, 4) is 0 Å². The van der Waals surface area contributed by atoms with Gasteiger partial charge in [0.2, 0.25) is 0 Å². The molecule has 2 aromatic carbocycles. The van der Waals surface area contributed by atoms with Gasteiger partial charge in [0.1, 0.15) is 11.6 Å². The molecule has 0 fully saturated rings. The lowest BCUT2D eigenvalue weighted by Gasteiger charge is -2.25. The van der Waals surface area contributed by atoms with Gasteiger partial charge in [-0.2, -0.15) is 0 Å². The van der Waals surface area contributed by atoms with Crippen LogP contribution in [0.5, 0.6) is 0 Å². The van der Waals surface area contributed by atoms with Gasteiger partial charge in [-0.25, -0.2) is 8.78 Å². The smallest absolute Gasteiger partial charge is 0.254 e. The molecule has 0 aliphatic rings. The molecule has 21 heavy (non-hydrogen) atoms. The molecule has 2 aromatic rings. The third-order valence-corrected chi connectivity index (χ3v) is 3.40. The number of benzene rings is 2. The molecular formula is C16H16F2N2O. The van der Waals surface area contributed by atoms with E-state index in [2.05, 4.69) is 0 Å². The molecule has 0 aliphatic carbocycles. The van der Waals surface area contributed by atoms with Crippen molar-refractivity contribution >= 4 is 11.6 Å². The van der Waals surface area contributed by atoms with E-state index < -0.39 is 17.5 Å². The molecule has 0 spiro atoms. The van der Waals surface area contributed by atoms with Crippen LogP contribution in [-0.2, 0) is 0 Å². The molecule has 110 valence electrons. The van der Waals surface area contributed by atoms with Crippen molar-refractivity contribution in [3.63, 3.8) is 0 Å². The van der Waals surface area contributed by atoms with E-state index in [1.54, 1.807) is 25.2 Å². The van der Waals surface area contributed by atoms with E-state index in [1.165, 1.54) is 4.90 Å². The molecule has 2 rings (SSSR count). The van der Waals surface area contributed by atoms with Crippen LogP contribution in [0.3, 0.4) is 0 Å². The SMILES string of the molecule is CC(c1cccc(N)c1)N(C)C(=O)c1cc(F)cc(F)c1. The Morgan fingerprint density at radius 1 is 1.14 bits per heavy atom. The molecule has 0 saturated heterocycles. The number of carbonyl (C=O) groups is 1. The van der Waals surface area contributed by atoms with Crippen LogP contribution in [0.2, 0.25) is 0 Å². The molecule has 1 unspecified atom stereocenters. The summed E-state index contributed by atoms with van der Waals surface area (Å²) < 4.78 is 26.4. The van der Waals surface area contributed by atoms with Crippen LogP contribution in [0.1, 0.15) is 28.9 Å². The molecule has 0 saturated carbocycles. The quantitative estimate of drug-likeness (QED) is 0.881. The molecule has 3 nitrogen and oxygen atoms in total. The number of carbonyl (C=O) groups excluding carboxylic acids is 1. The number of nitrogens with two attached hydrogens (primary N) is 1. The Morgan fingerprint density at radius 2 is 1.76 bits per heavy atom. The molecule has 0 heterocycles. The Bertz CT molecular complexity index is 653. The Morgan fingerprint density at radius 3 is 2.33 bits per heavy atom. The van der Waals surface area contributed by atoms with Gasteiger partial charge in [0.05, 0.1) is 6.04 Å². The number of rotatable bonds is 3. The van der Waals surface area contributed by atoms with Crippen molar-refractivity contribution in [1.82, 2.24) is 4.90 Å². The molecule has 0 bridgehead atoms. The largest absolute Gasteiger partial charge is 0.399 e. The van der Waals surface area contributed by atoms with E-state index in [4.69, 9.17) is 5.73 Å². The zero-order valence-corrected chi connectivity index (χ0v) is 11.8. The summed E-state index contributed by atoms with van der Waals surface area (Å²) in [5.74, 6) is -2.00. The lowest BCUT2D eigenvalue weighted by molar-refractivity contribution is 0.0741. The molecule has 1 amide bonds. The maximum absolute atomic E-state index is 13.2. The van der Waals surface area contributed by atoms with Gasteiger partial charge < -0.3 is 10.6 Å². The van der Waals surface area contributed by atoms with Gasteiger partial charge in [0.25, 0.3) is 5.91 Å². The first-order valence-corrected chi connectivity index (χ1v) is 6.47. The standard InChI is InChI=1S/C16H16F2N2O/c1-10(11-4-3-5-15(19)8-11)20(2)16(21)12-6-13(17)9-14(18)7-12/h3-10H,19H2,1-2H3. The summed E-state index contributed by atoms with van der Waals surface area (Å²) in [6, 6.07) is 9.66. The van der Waals surface area contributed by atoms with Crippen molar-refractivity contribution in [2.45, 2.75) is 13.0 Å². The van der Waals surface area contributed by atoms with E-state index in [0.29, 0.717) is 5.69 Å². The number of anilines is 1. The summed E-state index contributed by atoms with van der Waals surface area (Å²) in [4.78, 5) is 13.7. The highest BCUT2D eigenvalue weighted by atomic mass is 19.1. The van der Waals surface area contributed by atoms with Crippen LogP contribution in [0.4, 0.5) is 14.5 Å². The first-order chi connectivity index (χ1) is 9.88. The highest BCUT2D eigenvalue weighted by Gasteiger charge is 2.20. The summed E-state index contributed by atoms with van der Waals surface area (Å²) in [7, 11) is 1.58. The van der Waals surface area contributed by atoms with Crippen molar-refractivity contribution < 1.29 is 13.6 Å². The third-order valence-electron chi connectivity index (χ3n) is 3.40. The normalized spacial score (nSPS) is 12.0. The summed E-state index contributed by atoms with van der Waals surface area (Å²) in [5.41, 5.74) is 7.14. The van der Waals surface area contributed by atoms with E-state index in [9.17, 15) is 13.6 Å². The van der Waals surface area contributed by atoms with Crippen LogP contribution in [0.25, 0.3) is 0 Å². The number of halogens is 2. The second-order valence-corrected chi connectivity index (χ2v) is 4.92.